The van der Waals surface area contributed by atoms with Crippen LogP contribution in [0.15, 0.2) is 113 Å². The highest BCUT2D eigenvalue weighted by atomic mass is 127. The van der Waals surface area contributed by atoms with Gasteiger partial charge >= 0.3 is 6.03 Å². The van der Waals surface area contributed by atoms with Crippen molar-refractivity contribution in [1.82, 2.24) is 65.1 Å². The fraction of sp³-hybridized carbons (Fsp3) is 0.456. The number of hydrogen-bond donors (Lipinski definition) is 13. The summed E-state index contributed by atoms with van der Waals surface area (Å²) < 4.78 is 23.1. The van der Waals surface area contributed by atoms with Crippen LogP contribution in [0.3, 0.4) is 0 Å². The summed E-state index contributed by atoms with van der Waals surface area (Å²) in [5, 5.41) is 64.7. The molecule has 5 heterocycles. The van der Waals surface area contributed by atoms with Crippen molar-refractivity contribution in [3.63, 3.8) is 0 Å². The van der Waals surface area contributed by atoms with Crippen molar-refractivity contribution in [3.8, 4) is 27.1 Å². The molecule has 33 nitrogen and oxygen atoms in total. The first-order valence-corrected chi connectivity index (χ1v) is 43.6. The molecule has 4 aromatic heterocycles. The Kier molecular flexibility index (Phi) is 39.7. The van der Waals surface area contributed by atoms with Crippen LogP contribution >= 0.6 is 103 Å². The Morgan fingerprint density at radius 2 is 1.52 bits per heavy atom. The number of aliphatic hydroxyl groups excluding tert-OH is 4. The lowest BCUT2D eigenvalue weighted by Crippen LogP contribution is -2.50. The zero-order valence-electron chi connectivity index (χ0n) is 67.9. The molecule has 4 aromatic carbocycles. The van der Waals surface area contributed by atoms with Crippen molar-refractivity contribution in [3.05, 3.63) is 158 Å². The summed E-state index contributed by atoms with van der Waals surface area (Å²) in [7, 11) is 9.75. The Morgan fingerprint density at radius 3 is 2.12 bits per heavy atom. The molecule has 5 aliphatic carbocycles. The molecule has 14 rings (SSSR count). The first-order chi connectivity index (χ1) is 57.3. The number of benzene rings is 4. The van der Waals surface area contributed by atoms with Gasteiger partial charge in [0.15, 0.2) is 28.5 Å². The van der Waals surface area contributed by atoms with Crippen LogP contribution in [-0.4, -0.2) is 210 Å². The molecule has 120 heavy (non-hydrogen) atoms. The Hall–Kier alpha value is -8.51. The van der Waals surface area contributed by atoms with Gasteiger partial charge in [-0.15, -0.1) is 15.7 Å². The van der Waals surface area contributed by atoms with Gasteiger partial charge in [0, 0.05) is 119 Å². The van der Waals surface area contributed by atoms with Gasteiger partial charge in [-0.25, -0.2) is 34.0 Å². The van der Waals surface area contributed by atoms with E-state index in [1.807, 2.05) is 59.0 Å². The lowest BCUT2D eigenvalue weighted by atomic mass is 9.55. The number of ether oxygens (including phenoxy) is 2. The van der Waals surface area contributed by atoms with Crippen LogP contribution in [-0.2, 0) is 30.5 Å². The number of amides is 4. The molecular formula is C79H104Cl3IN20O13S4. The van der Waals surface area contributed by atoms with E-state index in [9.17, 15) is 44.4 Å². The molecule has 9 unspecified atom stereocenters. The van der Waals surface area contributed by atoms with E-state index < -0.39 is 41.9 Å². The predicted molar refractivity (Wildman–Crippen MR) is 482 cm³/mol. The number of nitrogens with zero attached hydrogens (tertiary/aromatic N) is 12. The molecule has 9 atom stereocenters. The Bertz CT molecular complexity index is 4830. The van der Waals surface area contributed by atoms with Crippen molar-refractivity contribution in [2.75, 3.05) is 79.6 Å². The van der Waals surface area contributed by atoms with Crippen molar-refractivity contribution in [2.24, 2.45) is 56.5 Å². The van der Waals surface area contributed by atoms with Gasteiger partial charge in [0.2, 0.25) is 11.6 Å². The fourth-order valence-corrected chi connectivity index (χ4v) is 18.4. The number of aromatic amines is 1. The number of nitrogens with one attached hydrogen (secondary N) is 4. The number of phenols is 1. The van der Waals surface area contributed by atoms with Gasteiger partial charge in [-0.3, -0.25) is 40.9 Å². The number of H-pyrrole nitrogens is 1. The predicted octanol–water partition coefficient (Wildman–Crippen LogP) is 11.3. The summed E-state index contributed by atoms with van der Waals surface area (Å²) >= 11 is 30.0. The summed E-state index contributed by atoms with van der Waals surface area (Å²) in [4.78, 5) is 73.5. The number of halogens is 4. The SMILES string of the molecule is CC12CCC3c4ccc(O)cc4CCC3C1CCC2O.CCN(CC)C(=S)SSC(=S)N(CC)CC.CN(C)N=Nc1nc[nH]c1C(N)=O.CN1NNc2c(C(N)=O)ncn2C1=O.COc1c2c(cc3ccoc13)CCC(=O)C2.Clc1cc(Cl)c(OCC#CI)cc1Cl.NC(=O)c1ncn(C2CC(CO)C(O)C2O)n1.NNCCc1ccccc1. The number of aryl methyl sites for hydroxylation is 2. The van der Waals surface area contributed by atoms with Crippen molar-refractivity contribution in [2.45, 2.75) is 136 Å². The number of fused-ring (bicyclic) bond motifs is 8. The number of imidazole rings is 2. The number of hydrogen-bond acceptors (Lipinski definition) is 27. The molecule has 3 saturated carbocycles. The fourth-order valence-electron chi connectivity index (χ4n) is 14.6. The van der Waals surface area contributed by atoms with Gasteiger partial charge < -0.3 is 71.4 Å². The number of methoxy groups -OCH3 is 1. The number of anilines is 1. The highest BCUT2D eigenvalue weighted by molar-refractivity contribution is 14.1. The summed E-state index contributed by atoms with van der Waals surface area (Å²) in [6, 6.07) is 22.5. The van der Waals surface area contributed by atoms with Crippen LogP contribution in [0, 0.1) is 33.0 Å². The Labute approximate surface area is 743 Å². The molecule has 650 valence electrons. The summed E-state index contributed by atoms with van der Waals surface area (Å²) in [6.45, 7) is 15.5. The molecule has 8 aromatic rings. The van der Waals surface area contributed by atoms with Crippen LogP contribution in [0.1, 0.15) is 151 Å². The van der Waals surface area contributed by atoms with E-state index in [4.69, 9.17) is 101 Å². The molecule has 4 amide bonds. The maximum atomic E-state index is 11.5. The maximum absolute atomic E-state index is 11.5. The van der Waals surface area contributed by atoms with Gasteiger partial charge in [0.25, 0.3) is 17.7 Å². The number of furan rings is 1. The number of carbonyl (C=O) groups is 5. The zero-order chi connectivity index (χ0) is 88.1. The number of aliphatic hydroxyl groups is 4. The molecule has 0 spiro atoms. The first-order valence-electron chi connectivity index (χ1n) is 38.4. The Morgan fingerprint density at radius 1 is 0.842 bits per heavy atom. The second kappa shape index (κ2) is 48.4. The van der Waals surface area contributed by atoms with Crippen molar-refractivity contribution >= 4 is 164 Å². The van der Waals surface area contributed by atoms with Crippen LogP contribution < -0.4 is 48.9 Å². The largest absolute Gasteiger partial charge is 0.508 e. The molecule has 1 aliphatic heterocycles. The second-order valence-electron chi connectivity index (χ2n) is 28.4. The van der Waals surface area contributed by atoms with Crippen molar-refractivity contribution in [1.29, 1.82) is 0 Å². The number of thiocarbonyl (C=S) groups is 2. The number of phenolic OH excluding ortho intramolecular Hbond substituents is 1. The number of aromatic nitrogens is 7. The lowest BCUT2D eigenvalue weighted by molar-refractivity contribution is -0.118. The number of nitrogens with two attached hydrogens (primary N) is 4. The number of rotatable bonds is 17. The van der Waals surface area contributed by atoms with Crippen LogP contribution in [0.5, 0.6) is 17.2 Å². The average Bonchev–Trinajstić information content (AvgIpc) is 1.54. The third kappa shape index (κ3) is 26.8. The van der Waals surface area contributed by atoms with Crippen LogP contribution in [0.25, 0.3) is 11.0 Å². The van der Waals surface area contributed by atoms with Gasteiger partial charge in [-0.05, 0) is 187 Å². The van der Waals surface area contributed by atoms with E-state index in [1.54, 1.807) is 55.1 Å². The minimum atomic E-state index is -1.05. The number of Topliss-reactive ketones (excluding diaryl/α,β-unsaturated/α-hetero) is 1. The van der Waals surface area contributed by atoms with Crippen molar-refractivity contribution < 1.29 is 63.4 Å². The smallest absolute Gasteiger partial charge is 0.346 e. The molecule has 6 aliphatic rings. The third-order valence-corrected chi connectivity index (χ3v) is 26.0. The molecule has 17 N–H and O–H groups in total. The maximum Gasteiger partial charge on any atom is 0.346 e. The second-order valence-corrected chi connectivity index (χ2v) is 33.6. The van der Waals surface area contributed by atoms with Gasteiger partial charge in [-0.2, -0.15) is 0 Å². The number of carbonyl (C=O) groups excluding carboxylic acids is 5. The van der Waals surface area contributed by atoms with E-state index in [0.29, 0.717) is 57.7 Å². The zero-order valence-corrected chi connectivity index (χ0v) is 75.6. The minimum absolute atomic E-state index is 0.0268. The highest BCUT2D eigenvalue weighted by Crippen LogP contribution is 2.61. The van der Waals surface area contributed by atoms with E-state index in [0.717, 1.165) is 102 Å². The first kappa shape index (κ1) is 98.6. The quantitative estimate of drug-likeness (QED) is 0.00588. The minimum Gasteiger partial charge on any atom is -0.508 e. The Balaban J connectivity index is 0.000000190. The molecule has 41 heteroatoms. The van der Waals surface area contributed by atoms with Gasteiger partial charge in [0.05, 0.1) is 53.0 Å². The third-order valence-electron chi connectivity index (χ3n) is 20.9. The molecular weight excluding hydrogens is 1800 g/mol. The monoisotopic (exact) mass is 1900 g/mol. The van der Waals surface area contributed by atoms with Crippen LogP contribution in [0.4, 0.5) is 16.4 Å². The standard InChI is InChI=1S/C18H24O2.C13H12O3.C10H20N2S4.C9H4Cl3IO.C9H14N4O4.C8H12N2.C6H8N6O2.C6H10N6O/c1-18-9-8-14-13-5-3-12(19)10-11(13)2-4-15(14)16(18)6-7-17(18)20;1-15-13-11-7-10(14)3-2-8(11)6-9-4-5-16-12(9)13;1-5-11(6-2)9(13)15-16-10(14)12(7-3)8-4;10-6-4-8(12)9(5-7(6)11)14-3-1-2-13;10-8(17)9-11-3-13(12-9)5-1-4(2-14)6(15)7(5)16;9-10-7-6-8-4-2-1-3-5-8;1-11-6(14)12-2-8-3(4(7)13)5(12)9-10-11;1-12(2)11-10-6-4(5(7)13)8-3-9-6/h3,5,10,14-17,19-20H,2,4,6-9H2,1H3;4-6H,2-3,7H2,1H3;5-8H2,1-4H3;4-5H,3H2;3-7,14-16H,1-2H2,(H2,10,17);1-5,10H,6-7,9H2;2,9-10H,1H3,(H2,7,13);3H,1-2H3,(H2,7,13)(H,8,9). The summed E-state index contributed by atoms with van der Waals surface area (Å²) in [6.07, 6.45) is 13.5. The number of hydrazine groups is 3. The number of ketones is 1. The van der Waals surface area contributed by atoms with E-state index in [-0.39, 0.29) is 65.4 Å². The number of aromatic hydroxyl groups is 1. The normalized spacial score (nSPS) is 19.9. The molecule has 0 saturated heterocycles. The summed E-state index contributed by atoms with van der Waals surface area (Å²) in [5.74, 6) is 9.69. The number of primary amides is 3. The van der Waals surface area contributed by atoms with E-state index in [2.05, 4.69) is 130 Å². The van der Waals surface area contributed by atoms with E-state index in [1.165, 1.54) is 92.9 Å². The van der Waals surface area contributed by atoms with Crippen LogP contribution in [0.2, 0.25) is 15.1 Å². The molecule has 0 bridgehead atoms. The molecule has 0 radical (unpaired) electrons. The van der Waals surface area contributed by atoms with Gasteiger partial charge in [0.1, 0.15) is 51.3 Å². The topological polar surface area (TPSA) is 473 Å². The average molecular weight is 1900 g/mol. The highest BCUT2D eigenvalue weighted by Gasteiger charge is 2.54. The lowest BCUT2D eigenvalue weighted by Gasteiger charge is -2.50. The molecule has 3 fully saturated rings. The van der Waals surface area contributed by atoms with Gasteiger partial charge in [-0.1, -0.05) is 114 Å². The summed E-state index contributed by atoms with van der Waals surface area (Å²) in [5.41, 5.74) is 30.3. The van der Waals surface area contributed by atoms with E-state index >= 15 is 0 Å².